The molecule has 0 saturated carbocycles. The van der Waals surface area contributed by atoms with Crippen LogP contribution in [-0.2, 0) is 4.79 Å². The molecule has 0 fully saturated rings. The lowest BCUT2D eigenvalue weighted by Crippen LogP contribution is -2.20. The van der Waals surface area contributed by atoms with Crippen LogP contribution in [0.1, 0.15) is 0 Å². The summed E-state index contributed by atoms with van der Waals surface area (Å²) in [4.78, 5) is 13.6. The number of carbonyl (C=O) groups excluding carboxylic acids is 1. The first-order valence-electron chi connectivity index (χ1n) is 11.0. The summed E-state index contributed by atoms with van der Waals surface area (Å²) in [6.07, 6.45) is 0. The molecule has 170 valence electrons. The van der Waals surface area contributed by atoms with Crippen LogP contribution >= 0.6 is 11.3 Å². The Balaban J connectivity index is 1.20. The molecule has 3 aromatic heterocycles. The van der Waals surface area contributed by atoms with Gasteiger partial charge in [0.2, 0.25) is 0 Å². The van der Waals surface area contributed by atoms with Gasteiger partial charge in [0.15, 0.2) is 18.1 Å². The molecule has 3 heterocycles. The van der Waals surface area contributed by atoms with Gasteiger partial charge in [-0.05, 0) is 47.2 Å². The van der Waals surface area contributed by atoms with Gasteiger partial charge in [-0.1, -0.05) is 54.6 Å². The summed E-state index contributed by atoms with van der Waals surface area (Å²) in [6.45, 7) is -0.0900. The lowest BCUT2D eigenvalue weighted by atomic mass is 10.1. The summed E-state index contributed by atoms with van der Waals surface area (Å²) in [7, 11) is 0. The zero-order valence-electron chi connectivity index (χ0n) is 18.5. The highest BCUT2D eigenvalue weighted by atomic mass is 32.1. The Labute approximate surface area is 204 Å². The van der Waals surface area contributed by atoms with Crippen molar-refractivity contribution in [2.45, 2.75) is 0 Å². The van der Waals surface area contributed by atoms with Gasteiger partial charge in [-0.2, -0.15) is 9.61 Å². The van der Waals surface area contributed by atoms with Crippen molar-refractivity contribution in [3.8, 4) is 27.7 Å². The fourth-order valence-electron chi connectivity index (χ4n) is 3.92. The number of ether oxygens (including phenoxy) is 1. The molecule has 8 heteroatoms. The van der Waals surface area contributed by atoms with Crippen LogP contribution in [0.4, 0.5) is 5.69 Å². The summed E-state index contributed by atoms with van der Waals surface area (Å²) in [5, 5.41) is 20.2. The van der Waals surface area contributed by atoms with Crippen LogP contribution in [0, 0.1) is 0 Å². The first kappa shape index (κ1) is 21.0. The van der Waals surface area contributed by atoms with E-state index >= 15 is 0 Å². The van der Waals surface area contributed by atoms with E-state index in [1.807, 2.05) is 96.4 Å². The summed E-state index contributed by atoms with van der Waals surface area (Å²) in [6, 6.07) is 29.0. The third-order valence-electron chi connectivity index (χ3n) is 5.55. The van der Waals surface area contributed by atoms with E-state index < -0.39 is 0 Å². The van der Waals surface area contributed by atoms with Crippen LogP contribution in [0.25, 0.3) is 38.4 Å². The molecule has 0 spiro atoms. The maximum Gasteiger partial charge on any atom is 0.262 e. The Morgan fingerprint density at radius 3 is 2.71 bits per heavy atom. The normalized spacial score (nSPS) is 11.1. The van der Waals surface area contributed by atoms with Gasteiger partial charge in [0.25, 0.3) is 5.91 Å². The van der Waals surface area contributed by atoms with Crippen molar-refractivity contribution >= 4 is 39.4 Å². The highest BCUT2D eigenvalue weighted by Gasteiger charge is 2.12. The van der Waals surface area contributed by atoms with Gasteiger partial charge in [-0.3, -0.25) is 4.79 Å². The molecule has 0 unspecified atom stereocenters. The van der Waals surface area contributed by atoms with Gasteiger partial charge in [-0.25, -0.2) is 0 Å². The van der Waals surface area contributed by atoms with E-state index in [4.69, 9.17) is 9.84 Å². The number of aromatic nitrogens is 4. The molecule has 0 bridgehead atoms. The van der Waals surface area contributed by atoms with E-state index in [-0.39, 0.29) is 12.5 Å². The molecule has 0 aliphatic carbocycles. The maximum absolute atomic E-state index is 12.6. The topological polar surface area (TPSA) is 81.4 Å². The number of hydrogen-bond donors (Lipinski definition) is 1. The average Bonchev–Trinajstić information content (AvgIpc) is 3.57. The average molecular weight is 478 g/mol. The van der Waals surface area contributed by atoms with E-state index in [2.05, 4.69) is 15.5 Å². The summed E-state index contributed by atoms with van der Waals surface area (Å²) >= 11 is 1.59. The number of anilines is 1. The standard InChI is InChI=1S/C27H19N5O2S/c33-26(17-34-23-11-4-7-18-6-1-2-10-21(18)23)28-20-9-3-8-19(16-20)22-13-14-25-29-30-27(32(25)31-22)24-12-5-15-35-24/h1-16H,17H2,(H,28,33). The number of benzene rings is 3. The van der Waals surface area contributed by atoms with Crippen LogP contribution in [-0.4, -0.2) is 32.3 Å². The Kier molecular flexibility index (Phi) is 5.40. The van der Waals surface area contributed by atoms with Crippen molar-refractivity contribution < 1.29 is 9.53 Å². The third-order valence-corrected chi connectivity index (χ3v) is 6.42. The second-order valence-corrected chi connectivity index (χ2v) is 8.83. The molecule has 0 aliphatic rings. The number of nitrogens with zero attached hydrogens (tertiary/aromatic N) is 4. The third kappa shape index (κ3) is 4.22. The molecule has 7 nitrogen and oxygen atoms in total. The van der Waals surface area contributed by atoms with Crippen LogP contribution in [0.5, 0.6) is 5.75 Å². The molecule has 1 N–H and O–H groups in total. The molecular weight excluding hydrogens is 458 g/mol. The molecule has 6 rings (SSSR count). The number of hydrogen-bond acceptors (Lipinski definition) is 6. The Hall–Kier alpha value is -4.56. The quantitative estimate of drug-likeness (QED) is 0.333. The van der Waals surface area contributed by atoms with Crippen LogP contribution in [0.3, 0.4) is 0 Å². The van der Waals surface area contributed by atoms with E-state index in [0.29, 0.717) is 22.9 Å². The largest absolute Gasteiger partial charge is 0.483 e. The first-order valence-corrected chi connectivity index (χ1v) is 11.9. The van der Waals surface area contributed by atoms with Gasteiger partial charge in [0, 0.05) is 16.6 Å². The summed E-state index contributed by atoms with van der Waals surface area (Å²) < 4.78 is 7.56. The van der Waals surface area contributed by atoms with Crippen molar-refractivity contribution in [1.29, 1.82) is 0 Å². The van der Waals surface area contributed by atoms with Gasteiger partial charge >= 0.3 is 0 Å². The van der Waals surface area contributed by atoms with Gasteiger partial charge < -0.3 is 10.1 Å². The first-order chi connectivity index (χ1) is 17.2. The highest BCUT2D eigenvalue weighted by molar-refractivity contribution is 7.13. The van der Waals surface area contributed by atoms with Crippen molar-refractivity contribution in [3.63, 3.8) is 0 Å². The second kappa shape index (κ2) is 9.00. The van der Waals surface area contributed by atoms with E-state index in [1.165, 1.54) is 0 Å². The molecular formula is C27H19N5O2S. The Bertz CT molecular complexity index is 1650. The number of fused-ring (bicyclic) bond motifs is 2. The van der Waals surface area contributed by atoms with E-state index in [1.54, 1.807) is 15.9 Å². The second-order valence-electron chi connectivity index (χ2n) is 7.88. The number of rotatable bonds is 6. The van der Waals surface area contributed by atoms with Gasteiger partial charge in [-0.15, -0.1) is 21.5 Å². The van der Waals surface area contributed by atoms with Crippen molar-refractivity contribution in [2.24, 2.45) is 0 Å². The summed E-state index contributed by atoms with van der Waals surface area (Å²) in [5.74, 6) is 1.14. The lowest BCUT2D eigenvalue weighted by Gasteiger charge is -2.10. The molecule has 0 atom stereocenters. The number of nitrogens with one attached hydrogen (secondary N) is 1. The fourth-order valence-corrected chi connectivity index (χ4v) is 4.61. The van der Waals surface area contributed by atoms with Crippen molar-refractivity contribution in [1.82, 2.24) is 19.8 Å². The molecule has 6 aromatic rings. The molecule has 35 heavy (non-hydrogen) atoms. The molecule has 1 amide bonds. The minimum atomic E-state index is -0.239. The van der Waals surface area contributed by atoms with Crippen molar-refractivity contribution in [3.05, 3.63) is 96.4 Å². The monoisotopic (exact) mass is 477 g/mol. The Morgan fingerprint density at radius 2 is 1.80 bits per heavy atom. The van der Waals surface area contributed by atoms with Crippen LogP contribution in [0.15, 0.2) is 96.4 Å². The SMILES string of the molecule is O=C(COc1cccc2ccccc12)Nc1cccc(-c2ccc3nnc(-c4cccs4)n3n2)c1. The smallest absolute Gasteiger partial charge is 0.262 e. The minimum absolute atomic E-state index is 0.0900. The van der Waals surface area contributed by atoms with Crippen LogP contribution in [0.2, 0.25) is 0 Å². The predicted molar refractivity (Wildman–Crippen MR) is 138 cm³/mol. The molecule has 0 saturated heterocycles. The van der Waals surface area contributed by atoms with Gasteiger partial charge in [0.05, 0.1) is 10.6 Å². The maximum atomic E-state index is 12.6. The lowest BCUT2D eigenvalue weighted by molar-refractivity contribution is -0.118. The zero-order valence-corrected chi connectivity index (χ0v) is 19.3. The van der Waals surface area contributed by atoms with E-state index in [0.717, 1.165) is 26.9 Å². The molecule has 0 aliphatic heterocycles. The number of carbonyl (C=O) groups is 1. The summed E-state index contributed by atoms with van der Waals surface area (Å²) in [5.41, 5.74) is 2.95. The predicted octanol–water partition coefficient (Wildman–Crippen LogP) is 5.69. The molecule has 3 aromatic carbocycles. The number of amides is 1. The minimum Gasteiger partial charge on any atom is -0.483 e. The Morgan fingerprint density at radius 1 is 0.914 bits per heavy atom. The van der Waals surface area contributed by atoms with Crippen LogP contribution < -0.4 is 10.1 Å². The fraction of sp³-hybridized carbons (Fsp3) is 0.0370. The van der Waals surface area contributed by atoms with Crippen molar-refractivity contribution in [2.75, 3.05) is 11.9 Å². The molecule has 0 radical (unpaired) electrons. The number of thiophene rings is 1. The van der Waals surface area contributed by atoms with Gasteiger partial charge in [0.1, 0.15) is 5.75 Å². The zero-order chi connectivity index (χ0) is 23.6. The highest BCUT2D eigenvalue weighted by Crippen LogP contribution is 2.27. The van der Waals surface area contributed by atoms with E-state index in [9.17, 15) is 4.79 Å².